The highest BCUT2D eigenvalue weighted by Gasteiger charge is 2.20. The van der Waals surface area contributed by atoms with Crippen LogP contribution in [0.3, 0.4) is 0 Å². The number of hydrogen-bond donors (Lipinski definition) is 0. The van der Waals surface area contributed by atoms with E-state index in [0.29, 0.717) is 0 Å². The van der Waals surface area contributed by atoms with Crippen molar-refractivity contribution in [3.63, 3.8) is 0 Å². The molecule has 0 saturated carbocycles. The molecule has 0 aliphatic carbocycles. The predicted molar refractivity (Wildman–Crippen MR) is 294 cm³/mol. The van der Waals surface area contributed by atoms with Crippen molar-refractivity contribution >= 4 is 71.2 Å². The average molecular weight is 879 g/mol. The number of anilines is 3. The van der Waals surface area contributed by atoms with Crippen LogP contribution in [0.2, 0.25) is 0 Å². The molecule has 1 heterocycles. The Morgan fingerprint density at radius 1 is 0.290 bits per heavy atom. The maximum atomic E-state index is 2.43. The maximum Gasteiger partial charge on any atom is 0.0541 e. The zero-order chi connectivity index (χ0) is 45.8. The van der Waals surface area contributed by atoms with Crippen LogP contribution in [-0.2, 0) is 0 Å². The van der Waals surface area contributed by atoms with Crippen LogP contribution in [0.5, 0.6) is 0 Å². The van der Waals surface area contributed by atoms with Crippen molar-refractivity contribution < 1.29 is 0 Å². The molecule has 1 aromatic heterocycles. The van der Waals surface area contributed by atoms with Gasteiger partial charge in [0.05, 0.1) is 16.7 Å². The Kier molecular flexibility index (Phi) is 9.77. The second-order valence-corrected chi connectivity index (χ2v) is 18.2. The molecule has 0 fully saturated rings. The molecular weight excluding hydrogens is 833 g/mol. The number of aryl methyl sites for hydroxylation is 1. The van der Waals surface area contributed by atoms with E-state index in [9.17, 15) is 0 Å². The molecule has 13 rings (SSSR count). The third-order valence-corrected chi connectivity index (χ3v) is 14.0. The molecule has 0 saturated heterocycles. The van der Waals surface area contributed by atoms with Crippen molar-refractivity contribution in [3.05, 3.63) is 266 Å². The quantitative estimate of drug-likeness (QED) is 0.138. The third kappa shape index (κ3) is 7.05. The summed E-state index contributed by atoms with van der Waals surface area (Å²) < 4.78 is 2.40. The molecule has 2 nitrogen and oxygen atoms in total. The molecule has 2 heteroatoms. The Balaban J connectivity index is 0.971. The van der Waals surface area contributed by atoms with Crippen LogP contribution >= 0.6 is 0 Å². The Labute approximate surface area is 402 Å². The second kappa shape index (κ2) is 16.7. The first-order valence-corrected chi connectivity index (χ1v) is 23.8. The summed E-state index contributed by atoms with van der Waals surface area (Å²) in [6.07, 6.45) is 0. The van der Waals surface area contributed by atoms with Crippen molar-refractivity contribution in [3.8, 4) is 50.2 Å². The fraction of sp³-hybridized carbons (Fsp3) is 0.0149. The first-order valence-electron chi connectivity index (χ1n) is 23.8. The average Bonchev–Trinajstić information content (AvgIpc) is 3.76. The van der Waals surface area contributed by atoms with Gasteiger partial charge in [-0.25, -0.2) is 0 Å². The smallest absolute Gasteiger partial charge is 0.0541 e. The van der Waals surface area contributed by atoms with Gasteiger partial charge in [-0.05, 0) is 145 Å². The molecule has 0 unspecified atom stereocenters. The Bertz CT molecular complexity index is 4010. The lowest BCUT2D eigenvalue weighted by atomic mass is 9.92. The van der Waals surface area contributed by atoms with Gasteiger partial charge in [0.1, 0.15) is 0 Å². The fourth-order valence-electron chi connectivity index (χ4n) is 10.7. The number of nitrogens with zero attached hydrogens (tertiary/aromatic N) is 2. The van der Waals surface area contributed by atoms with Gasteiger partial charge in [-0.2, -0.15) is 0 Å². The predicted octanol–water partition coefficient (Wildman–Crippen LogP) is 18.7. The van der Waals surface area contributed by atoms with Crippen molar-refractivity contribution in [2.75, 3.05) is 4.90 Å². The van der Waals surface area contributed by atoms with Crippen LogP contribution in [0.4, 0.5) is 17.1 Å². The van der Waals surface area contributed by atoms with Gasteiger partial charge < -0.3 is 9.47 Å². The van der Waals surface area contributed by atoms with Crippen LogP contribution in [0, 0.1) is 6.92 Å². The molecule has 12 aromatic carbocycles. The summed E-state index contributed by atoms with van der Waals surface area (Å²) in [7, 11) is 0. The van der Waals surface area contributed by atoms with Crippen molar-refractivity contribution in [1.82, 2.24) is 4.57 Å². The van der Waals surface area contributed by atoms with Gasteiger partial charge in [-0.3, -0.25) is 0 Å². The minimum atomic E-state index is 1.08. The monoisotopic (exact) mass is 878 g/mol. The molecule has 0 amide bonds. The van der Waals surface area contributed by atoms with Crippen LogP contribution in [-0.4, -0.2) is 4.57 Å². The zero-order valence-electron chi connectivity index (χ0n) is 38.2. The van der Waals surface area contributed by atoms with E-state index in [1.54, 1.807) is 0 Å². The second-order valence-electron chi connectivity index (χ2n) is 18.2. The number of benzene rings is 12. The molecule has 0 radical (unpaired) electrons. The van der Waals surface area contributed by atoms with Crippen LogP contribution < -0.4 is 4.90 Å². The van der Waals surface area contributed by atoms with Crippen LogP contribution in [0.25, 0.3) is 104 Å². The number of rotatable bonds is 8. The first-order chi connectivity index (χ1) is 34.1. The van der Waals surface area contributed by atoms with Crippen molar-refractivity contribution in [2.45, 2.75) is 6.92 Å². The summed E-state index contributed by atoms with van der Waals surface area (Å²) >= 11 is 0. The highest BCUT2D eigenvalue weighted by Crippen LogP contribution is 2.45. The van der Waals surface area contributed by atoms with Gasteiger partial charge in [-0.1, -0.05) is 200 Å². The van der Waals surface area contributed by atoms with Crippen molar-refractivity contribution in [1.29, 1.82) is 0 Å². The van der Waals surface area contributed by atoms with E-state index in [2.05, 4.69) is 277 Å². The molecule has 0 spiro atoms. The van der Waals surface area contributed by atoms with Gasteiger partial charge in [0, 0.05) is 33.4 Å². The topological polar surface area (TPSA) is 8.17 Å². The lowest BCUT2D eigenvalue weighted by Crippen LogP contribution is -2.11. The van der Waals surface area contributed by atoms with E-state index >= 15 is 0 Å². The molecule has 69 heavy (non-hydrogen) atoms. The zero-order valence-corrected chi connectivity index (χ0v) is 38.2. The minimum Gasteiger partial charge on any atom is -0.310 e. The standard InChI is InChI=1S/C67H46N2/c1-45-29-39-58-52(41-45)44-63(60-23-8-7-22-59(58)60)49-32-37-54(38-33-49)68(53-35-30-48(31-36-53)57-26-14-18-46-17-5-6-21-56(46)57)67-40-34-51(43-64(67)47-15-3-2-4-16-47)50-19-13-20-55(42-50)69-65-27-11-9-24-61(65)62-25-10-12-28-66(62)69/h2-44H,1H3. The SMILES string of the molecule is Cc1ccc2c(c1)cc(-c1ccc(N(c3ccc(-c4cccc5ccccc45)cc3)c3ccc(-c4cccc(-n5c6ccccc6c6ccccc65)c4)cc3-c3ccccc3)cc1)c1ccccc12. The number of aromatic nitrogens is 1. The van der Waals surface area contributed by atoms with E-state index in [1.165, 1.54) is 81.9 Å². The van der Waals surface area contributed by atoms with Crippen LogP contribution in [0.1, 0.15) is 5.56 Å². The molecule has 324 valence electrons. The summed E-state index contributed by atoms with van der Waals surface area (Å²) in [6.45, 7) is 2.17. The number of fused-ring (bicyclic) bond motifs is 7. The molecule has 0 atom stereocenters. The van der Waals surface area contributed by atoms with E-state index in [-0.39, 0.29) is 0 Å². The molecule has 0 bridgehead atoms. The Hall–Kier alpha value is -8.98. The van der Waals surface area contributed by atoms with Gasteiger partial charge in [0.15, 0.2) is 0 Å². The van der Waals surface area contributed by atoms with Gasteiger partial charge in [0.25, 0.3) is 0 Å². The van der Waals surface area contributed by atoms with Gasteiger partial charge in [-0.15, -0.1) is 0 Å². The Morgan fingerprint density at radius 3 is 1.55 bits per heavy atom. The Morgan fingerprint density at radius 2 is 0.826 bits per heavy atom. The summed E-state index contributed by atoms with van der Waals surface area (Å²) in [5.74, 6) is 0. The molecule has 0 aliphatic rings. The minimum absolute atomic E-state index is 1.08. The lowest BCUT2D eigenvalue weighted by molar-refractivity contribution is 1.18. The largest absolute Gasteiger partial charge is 0.310 e. The summed E-state index contributed by atoms with van der Waals surface area (Å²) in [4.78, 5) is 2.43. The molecule has 0 aliphatic heterocycles. The van der Waals surface area contributed by atoms with E-state index in [1.807, 2.05) is 0 Å². The van der Waals surface area contributed by atoms with Gasteiger partial charge >= 0.3 is 0 Å². The summed E-state index contributed by atoms with van der Waals surface area (Å²) in [5.41, 5.74) is 17.5. The van der Waals surface area contributed by atoms with Crippen molar-refractivity contribution in [2.24, 2.45) is 0 Å². The number of hydrogen-bond acceptors (Lipinski definition) is 1. The molecular formula is C67H46N2. The van der Waals surface area contributed by atoms with E-state index in [4.69, 9.17) is 0 Å². The van der Waals surface area contributed by atoms with Gasteiger partial charge in [0.2, 0.25) is 0 Å². The third-order valence-electron chi connectivity index (χ3n) is 14.0. The first kappa shape index (κ1) is 40.3. The molecule has 0 N–H and O–H groups in total. The molecule has 13 aromatic rings. The fourth-order valence-corrected chi connectivity index (χ4v) is 10.7. The lowest BCUT2D eigenvalue weighted by Gasteiger charge is -2.29. The van der Waals surface area contributed by atoms with E-state index in [0.717, 1.165) is 45.0 Å². The summed E-state index contributed by atoms with van der Waals surface area (Å²) in [6, 6.07) is 95.8. The highest BCUT2D eigenvalue weighted by molar-refractivity contribution is 6.14. The maximum absolute atomic E-state index is 2.43. The van der Waals surface area contributed by atoms with Crippen LogP contribution in [0.15, 0.2) is 261 Å². The number of para-hydroxylation sites is 2. The summed E-state index contributed by atoms with van der Waals surface area (Å²) in [5, 5.41) is 10.1. The normalized spacial score (nSPS) is 11.6. The highest BCUT2D eigenvalue weighted by atomic mass is 15.1. The van der Waals surface area contributed by atoms with E-state index < -0.39 is 0 Å².